The summed E-state index contributed by atoms with van der Waals surface area (Å²) in [5, 5.41) is 0. The van der Waals surface area contributed by atoms with Crippen molar-refractivity contribution in [2.45, 2.75) is 19.5 Å². The van der Waals surface area contributed by atoms with Gasteiger partial charge in [-0.3, -0.25) is 0 Å². The number of hydrogen-bond donors (Lipinski definition) is 1. The van der Waals surface area contributed by atoms with E-state index in [0.717, 1.165) is 5.56 Å². The molecule has 0 spiro atoms. The molecule has 0 aliphatic heterocycles. The Morgan fingerprint density at radius 3 is 2.75 bits per heavy atom. The molecule has 1 atom stereocenters. The number of ether oxygens (including phenoxy) is 1. The zero-order valence-corrected chi connectivity index (χ0v) is 10.0. The van der Waals surface area contributed by atoms with Crippen LogP contribution in [0.15, 0.2) is 18.2 Å². The minimum atomic E-state index is -0.242. The maximum absolute atomic E-state index is 13.8. The van der Waals surface area contributed by atoms with Crippen molar-refractivity contribution in [3.05, 3.63) is 29.6 Å². The third kappa shape index (κ3) is 2.71. The molecule has 1 unspecified atom stereocenters. The van der Waals surface area contributed by atoms with Crippen LogP contribution in [0, 0.1) is 5.82 Å². The second-order valence-electron chi connectivity index (χ2n) is 3.87. The van der Waals surface area contributed by atoms with Crippen LogP contribution in [0.4, 0.5) is 10.1 Å². The van der Waals surface area contributed by atoms with Crippen LogP contribution in [0.2, 0.25) is 0 Å². The van der Waals surface area contributed by atoms with Crippen LogP contribution >= 0.6 is 0 Å². The van der Waals surface area contributed by atoms with Gasteiger partial charge in [0.2, 0.25) is 0 Å². The number of hydrogen-bond acceptors (Lipinski definition) is 3. The summed E-state index contributed by atoms with van der Waals surface area (Å²) < 4.78 is 18.8. The number of anilines is 1. The number of benzene rings is 1. The van der Waals surface area contributed by atoms with Crippen LogP contribution in [0.5, 0.6) is 0 Å². The predicted molar refractivity (Wildman–Crippen MR) is 64.0 cm³/mol. The largest absolute Gasteiger partial charge is 0.383 e. The first-order valence-electron chi connectivity index (χ1n) is 5.31. The highest BCUT2D eigenvalue weighted by Crippen LogP contribution is 2.24. The van der Waals surface area contributed by atoms with Crippen molar-refractivity contribution in [3.8, 4) is 0 Å². The fourth-order valence-electron chi connectivity index (χ4n) is 1.69. The average Bonchev–Trinajstić information content (AvgIpc) is 2.28. The molecule has 0 saturated heterocycles. The molecule has 4 heteroatoms. The smallest absolute Gasteiger partial charge is 0.146 e. The molecule has 1 aromatic rings. The van der Waals surface area contributed by atoms with E-state index >= 15 is 0 Å². The Balaban J connectivity index is 3.01. The van der Waals surface area contributed by atoms with Gasteiger partial charge in [-0.05, 0) is 18.6 Å². The first kappa shape index (κ1) is 12.9. The van der Waals surface area contributed by atoms with E-state index in [-0.39, 0.29) is 11.9 Å². The zero-order chi connectivity index (χ0) is 12.1. The number of likely N-dealkylation sites (N-methyl/N-ethyl adjacent to an activating group) is 1. The molecule has 1 rings (SSSR count). The van der Waals surface area contributed by atoms with Gasteiger partial charge in [0, 0.05) is 26.7 Å². The SMILES string of the molecule is COCC(C)N(C)c1c(F)cccc1CN. The Morgan fingerprint density at radius 2 is 2.19 bits per heavy atom. The maximum Gasteiger partial charge on any atom is 0.146 e. The molecule has 0 radical (unpaired) electrons. The lowest BCUT2D eigenvalue weighted by atomic mass is 10.1. The van der Waals surface area contributed by atoms with Gasteiger partial charge in [-0.1, -0.05) is 12.1 Å². The summed E-state index contributed by atoms with van der Waals surface area (Å²) in [6, 6.07) is 5.07. The zero-order valence-electron chi connectivity index (χ0n) is 10.0. The predicted octanol–water partition coefficient (Wildman–Crippen LogP) is 1.76. The third-order valence-electron chi connectivity index (χ3n) is 2.71. The number of halogens is 1. The molecule has 1 aromatic carbocycles. The van der Waals surface area contributed by atoms with E-state index in [0.29, 0.717) is 18.8 Å². The van der Waals surface area contributed by atoms with Gasteiger partial charge in [0.1, 0.15) is 5.82 Å². The van der Waals surface area contributed by atoms with Crippen LogP contribution in [-0.4, -0.2) is 26.8 Å². The van der Waals surface area contributed by atoms with E-state index < -0.39 is 0 Å². The maximum atomic E-state index is 13.8. The molecular weight excluding hydrogens is 207 g/mol. The van der Waals surface area contributed by atoms with Gasteiger partial charge in [0.25, 0.3) is 0 Å². The van der Waals surface area contributed by atoms with Gasteiger partial charge < -0.3 is 15.4 Å². The quantitative estimate of drug-likeness (QED) is 0.831. The Hall–Kier alpha value is -1.13. The summed E-state index contributed by atoms with van der Waals surface area (Å²) >= 11 is 0. The molecule has 3 nitrogen and oxygen atoms in total. The van der Waals surface area contributed by atoms with Crippen molar-refractivity contribution in [3.63, 3.8) is 0 Å². The van der Waals surface area contributed by atoms with Crippen LogP contribution < -0.4 is 10.6 Å². The molecule has 0 aromatic heterocycles. The Bertz CT molecular complexity index is 344. The first-order valence-corrected chi connectivity index (χ1v) is 5.31. The molecule has 0 bridgehead atoms. The number of rotatable bonds is 5. The topological polar surface area (TPSA) is 38.5 Å². The van der Waals surface area contributed by atoms with Crippen LogP contribution in [0.25, 0.3) is 0 Å². The molecule has 90 valence electrons. The number of para-hydroxylation sites is 1. The summed E-state index contributed by atoms with van der Waals surface area (Å²) in [4.78, 5) is 1.86. The number of nitrogens with two attached hydrogens (primary N) is 1. The van der Waals surface area contributed by atoms with Gasteiger partial charge in [-0.25, -0.2) is 4.39 Å². The van der Waals surface area contributed by atoms with Gasteiger partial charge in [0.15, 0.2) is 0 Å². The first-order chi connectivity index (χ1) is 7.61. The normalized spacial score (nSPS) is 12.6. The second-order valence-corrected chi connectivity index (χ2v) is 3.87. The summed E-state index contributed by atoms with van der Waals surface area (Å²) in [5.41, 5.74) is 6.98. The van der Waals surface area contributed by atoms with Crippen LogP contribution in [0.1, 0.15) is 12.5 Å². The van der Waals surface area contributed by atoms with Crippen molar-refractivity contribution in [2.24, 2.45) is 5.73 Å². The second kappa shape index (κ2) is 5.82. The fourth-order valence-corrected chi connectivity index (χ4v) is 1.69. The minimum Gasteiger partial charge on any atom is -0.383 e. The highest BCUT2D eigenvalue weighted by atomic mass is 19.1. The summed E-state index contributed by atoms with van der Waals surface area (Å²) in [6.45, 7) is 2.86. The fraction of sp³-hybridized carbons (Fsp3) is 0.500. The standard InChI is InChI=1S/C12H19FN2O/c1-9(8-16-3)15(2)12-10(7-14)5-4-6-11(12)13/h4-6,9H,7-8,14H2,1-3H3. The molecule has 0 aliphatic rings. The molecule has 0 fully saturated rings. The van der Waals surface area contributed by atoms with E-state index in [4.69, 9.17) is 10.5 Å². The summed E-state index contributed by atoms with van der Waals surface area (Å²) in [5.74, 6) is -0.242. The average molecular weight is 226 g/mol. The summed E-state index contributed by atoms with van der Waals surface area (Å²) in [7, 11) is 3.48. The Morgan fingerprint density at radius 1 is 1.50 bits per heavy atom. The highest BCUT2D eigenvalue weighted by Gasteiger charge is 2.16. The van der Waals surface area contributed by atoms with E-state index in [1.54, 1.807) is 13.2 Å². The summed E-state index contributed by atoms with van der Waals surface area (Å²) in [6.07, 6.45) is 0. The number of nitrogens with zero attached hydrogens (tertiary/aromatic N) is 1. The Labute approximate surface area is 96.0 Å². The molecule has 0 saturated carbocycles. The van der Waals surface area contributed by atoms with Gasteiger partial charge in [-0.2, -0.15) is 0 Å². The third-order valence-corrected chi connectivity index (χ3v) is 2.71. The van der Waals surface area contributed by atoms with Crippen LogP contribution in [0.3, 0.4) is 0 Å². The van der Waals surface area contributed by atoms with E-state index in [2.05, 4.69) is 0 Å². The molecule has 2 N–H and O–H groups in total. The lowest BCUT2D eigenvalue weighted by molar-refractivity contribution is 0.183. The van der Waals surface area contributed by atoms with E-state index in [1.165, 1.54) is 6.07 Å². The molecule has 0 heterocycles. The van der Waals surface area contributed by atoms with Crippen molar-refractivity contribution in [1.29, 1.82) is 0 Å². The molecule has 16 heavy (non-hydrogen) atoms. The Kier molecular flexibility index (Phi) is 4.71. The van der Waals surface area contributed by atoms with Crippen molar-refractivity contribution in [1.82, 2.24) is 0 Å². The lowest BCUT2D eigenvalue weighted by Crippen LogP contribution is -2.34. The van der Waals surface area contributed by atoms with Crippen molar-refractivity contribution < 1.29 is 9.13 Å². The van der Waals surface area contributed by atoms with Gasteiger partial charge in [-0.15, -0.1) is 0 Å². The van der Waals surface area contributed by atoms with Gasteiger partial charge >= 0.3 is 0 Å². The highest BCUT2D eigenvalue weighted by molar-refractivity contribution is 5.55. The van der Waals surface area contributed by atoms with Crippen LogP contribution in [-0.2, 0) is 11.3 Å². The number of methoxy groups -OCH3 is 1. The molecule has 0 aliphatic carbocycles. The van der Waals surface area contributed by atoms with Gasteiger partial charge in [0.05, 0.1) is 12.3 Å². The monoisotopic (exact) mass is 226 g/mol. The minimum absolute atomic E-state index is 0.104. The molecular formula is C12H19FN2O. The van der Waals surface area contributed by atoms with E-state index in [1.807, 2.05) is 24.9 Å². The van der Waals surface area contributed by atoms with E-state index in [9.17, 15) is 4.39 Å². The van der Waals surface area contributed by atoms with Crippen molar-refractivity contribution >= 4 is 5.69 Å². The lowest BCUT2D eigenvalue weighted by Gasteiger charge is -2.28. The molecule has 0 amide bonds. The van der Waals surface area contributed by atoms with Crippen molar-refractivity contribution in [2.75, 3.05) is 25.7 Å².